The van der Waals surface area contributed by atoms with Crippen LogP contribution >= 0.6 is 34.8 Å². The average molecular weight is 313 g/mol. The third-order valence-electron chi connectivity index (χ3n) is 2.50. The number of hydrogen-bond donors (Lipinski definition) is 1. The minimum Gasteiger partial charge on any atom is -0.397 e. The van der Waals surface area contributed by atoms with Gasteiger partial charge in [0.1, 0.15) is 0 Å². The van der Waals surface area contributed by atoms with Crippen molar-refractivity contribution in [2.24, 2.45) is 0 Å². The number of nitrogen functional groups attached to an aromatic ring is 1. The highest BCUT2D eigenvalue weighted by Gasteiger charge is 2.15. The Hall–Kier alpha value is -1.47. The second kappa shape index (κ2) is 5.66. The van der Waals surface area contributed by atoms with Crippen LogP contribution < -0.4 is 5.73 Å². The molecule has 1 aromatic carbocycles. The highest BCUT2D eigenvalue weighted by atomic mass is 35.5. The molecule has 0 fully saturated rings. The van der Waals surface area contributed by atoms with Crippen molar-refractivity contribution >= 4 is 40.5 Å². The molecule has 2 rings (SSSR count). The van der Waals surface area contributed by atoms with Gasteiger partial charge in [-0.25, -0.2) is 0 Å². The monoisotopic (exact) mass is 311 g/mol. The van der Waals surface area contributed by atoms with Gasteiger partial charge in [0, 0.05) is 10.6 Å². The van der Waals surface area contributed by atoms with E-state index in [1.54, 1.807) is 18.2 Å². The number of pyridine rings is 1. The van der Waals surface area contributed by atoms with E-state index < -0.39 is 0 Å². The van der Waals surface area contributed by atoms with Crippen LogP contribution in [-0.4, -0.2) is 4.98 Å². The Morgan fingerprint density at radius 2 is 1.79 bits per heavy atom. The van der Waals surface area contributed by atoms with E-state index >= 15 is 0 Å². The van der Waals surface area contributed by atoms with Gasteiger partial charge in [-0.3, -0.25) is 4.98 Å². The summed E-state index contributed by atoms with van der Waals surface area (Å²) in [7, 11) is 0. The van der Waals surface area contributed by atoms with Crippen LogP contribution in [0.15, 0.2) is 24.4 Å². The molecule has 0 aliphatic carbocycles. The van der Waals surface area contributed by atoms with Gasteiger partial charge in [-0.05, 0) is 23.8 Å². The first-order valence-electron chi connectivity index (χ1n) is 5.29. The van der Waals surface area contributed by atoms with Crippen molar-refractivity contribution in [2.45, 2.75) is 6.42 Å². The number of halogens is 3. The molecule has 0 aliphatic rings. The van der Waals surface area contributed by atoms with Crippen LogP contribution in [0.3, 0.4) is 0 Å². The fourth-order valence-electron chi connectivity index (χ4n) is 1.74. The second-order valence-corrected chi connectivity index (χ2v) is 5.11. The van der Waals surface area contributed by atoms with E-state index in [1.165, 1.54) is 6.20 Å². The average Bonchev–Trinajstić information content (AvgIpc) is 2.31. The van der Waals surface area contributed by atoms with E-state index in [9.17, 15) is 0 Å². The first kappa shape index (κ1) is 14.0. The minimum atomic E-state index is 0.169. The van der Waals surface area contributed by atoms with Gasteiger partial charge in [0.25, 0.3) is 0 Å². The lowest BCUT2D eigenvalue weighted by Gasteiger charge is -2.11. The number of aromatic nitrogens is 1. The first-order valence-corrected chi connectivity index (χ1v) is 6.42. The molecule has 96 valence electrons. The van der Waals surface area contributed by atoms with Crippen LogP contribution in [0.5, 0.6) is 0 Å². The van der Waals surface area contributed by atoms with Crippen LogP contribution in [0.25, 0.3) is 11.3 Å². The van der Waals surface area contributed by atoms with Gasteiger partial charge in [-0.1, -0.05) is 34.8 Å². The van der Waals surface area contributed by atoms with Gasteiger partial charge in [-0.15, -0.1) is 0 Å². The summed E-state index contributed by atoms with van der Waals surface area (Å²) in [6, 6.07) is 6.91. The van der Waals surface area contributed by atoms with Crippen LogP contribution in [0.1, 0.15) is 5.56 Å². The zero-order chi connectivity index (χ0) is 14.0. The van der Waals surface area contributed by atoms with E-state index in [2.05, 4.69) is 11.1 Å². The summed E-state index contributed by atoms with van der Waals surface area (Å²) >= 11 is 18.2. The van der Waals surface area contributed by atoms with Gasteiger partial charge >= 0.3 is 0 Å². The van der Waals surface area contributed by atoms with Gasteiger partial charge in [0.05, 0.1) is 40.1 Å². The molecule has 0 bridgehead atoms. The highest BCUT2D eigenvalue weighted by molar-refractivity contribution is 6.41. The number of rotatable bonds is 2. The van der Waals surface area contributed by atoms with Gasteiger partial charge in [0.15, 0.2) is 0 Å². The number of nitrogens with two attached hydrogens (primary N) is 1. The minimum absolute atomic E-state index is 0.169. The number of hydrogen-bond acceptors (Lipinski definition) is 3. The Morgan fingerprint density at radius 3 is 2.37 bits per heavy atom. The fourth-order valence-corrected chi connectivity index (χ4v) is 2.74. The second-order valence-electron chi connectivity index (χ2n) is 3.86. The first-order chi connectivity index (χ1) is 9.02. The Bertz CT molecular complexity index is 654. The van der Waals surface area contributed by atoms with Gasteiger partial charge in [-0.2, -0.15) is 5.26 Å². The molecule has 0 radical (unpaired) electrons. The van der Waals surface area contributed by atoms with Crippen molar-refractivity contribution in [1.82, 2.24) is 4.98 Å². The van der Waals surface area contributed by atoms with E-state index in [0.717, 1.165) is 0 Å². The molecule has 1 aromatic heterocycles. The van der Waals surface area contributed by atoms with Crippen LogP contribution in [0.2, 0.25) is 15.1 Å². The van der Waals surface area contributed by atoms with E-state index in [0.29, 0.717) is 37.6 Å². The molecule has 0 amide bonds. The molecule has 0 unspecified atom stereocenters. The molecule has 1 heterocycles. The fraction of sp³-hybridized carbons (Fsp3) is 0.0769. The molecule has 0 atom stereocenters. The summed E-state index contributed by atoms with van der Waals surface area (Å²) < 4.78 is 0. The van der Waals surface area contributed by atoms with E-state index in [4.69, 9.17) is 45.8 Å². The normalized spacial score (nSPS) is 10.2. The number of benzene rings is 1. The summed E-state index contributed by atoms with van der Waals surface area (Å²) in [6.07, 6.45) is 1.67. The van der Waals surface area contributed by atoms with Gasteiger partial charge in [0.2, 0.25) is 0 Å². The van der Waals surface area contributed by atoms with Crippen LogP contribution in [-0.2, 0) is 6.42 Å². The number of nitrogens with zero attached hydrogens (tertiary/aromatic N) is 2. The van der Waals surface area contributed by atoms with Crippen molar-refractivity contribution in [2.75, 3.05) is 5.73 Å². The van der Waals surface area contributed by atoms with Crippen molar-refractivity contribution in [3.8, 4) is 17.3 Å². The predicted molar refractivity (Wildman–Crippen MR) is 78.4 cm³/mol. The Morgan fingerprint density at radius 1 is 1.16 bits per heavy atom. The molecular weight excluding hydrogens is 305 g/mol. The smallest absolute Gasteiger partial charge is 0.0776 e. The Labute approximate surface area is 125 Å². The third-order valence-corrected chi connectivity index (χ3v) is 3.32. The zero-order valence-electron chi connectivity index (χ0n) is 9.62. The molecule has 0 spiro atoms. The van der Waals surface area contributed by atoms with E-state index in [-0.39, 0.29) is 6.42 Å². The maximum atomic E-state index is 8.86. The molecule has 2 aromatic rings. The quantitative estimate of drug-likeness (QED) is 0.896. The summed E-state index contributed by atoms with van der Waals surface area (Å²) in [6.45, 7) is 0. The largest absolute Gasteiger partial charge is 0.397 e. The lowest BCUT2D eigenvalue weighted by atomic mass is 10.0. The molecular formula is C13H8Cl3N3. The Kier molecular flexibility index (Phi) is 4.16. The standard InChI is InChI=1S/C13H8Cl3N3/c14-8-4-10(15)12(11(16)5-8)13-7(1-2-17)3-9(18)6-19-13/h3-6H,1,18H2. The summed E-state index contributed by atoms with van der Waals surface area (Å²) in [5.41, 5.74) is 7.93. The van der Waals surface area contributed by atoms with Crippen molar-refractivity contribution in [1.29, 1.82) is 5.26 Å². The summed E-state index contributed by atoms with van der Waals surface area (Å²) in [5, 5.41) is 10.1. The zero-order valence-corrected chi connectivity index (χ0v) is 11.9. The molecule has 0 saturated carbocycles. The SMILES string of the molecule is N#CCc1cc(N)cnc1-c1c(Cl)cc(Cl)cc1Cl. The summed E-state index contributed by atoms with van der Waals surface area (Å²) in [4.78, 5) is 4.23. The molecule has 0 saturated heterocycles. The van der Waals surface area contributed by atoms with E-state index in [1.807, 2.05) is 0 Å². The maximum Gasteiger partial charge on any atom is 0.0776 e. The number of nitriles is 1. The molecule has 2 N–H and O–H groups in total. The Balaban J connectivity index is 2.69. The molecule has 6 heteroatoms. The lowest BCUT2D eigenvalue weighted by Crippen LogP contribution is -1.97. The molecule has 0 aliphatic heterocycles. The predicted octanol–water partition coefficient (Wildman–Crippen LogP) is 4.36. The maximum absolute atomic E-state index is 8.86. The third kappa shape index (κ3) is 2.93. The molecule has 19 heavy (non-hydrogen) atoms. The van der Waals surface area contributed by atoms with Crippen molar-refractivity contribution < 1.29 is 0 Å². The summed E-state index contributed by atoms with van der Waals surface area (Å²) in [5.74, 6) is 0. The van der Waals surface area contributed by atoms with Crippen molar-refractivity contribution in [3.63, 3.8) is 0 Å². The highest BCUT2D eigenvalue weighted by Crippen LogP contribution is 2.38. The topological polar surface area (TPSA) is 62.7 Å². The number of anilines is 1. The van der Waals surface area contributed by atoms with Crippen molar-refractivity contribution in [3.05, 3.63) is 45.0 Å². The molecule has 3 nitrogen and oxygen atoms in total. The van der Waals surface area contributed by atoms with Crippen LogP contribution in [0.4, 0.5) is 5.69 Å². The lowest BCUT2D eigenvalue weighted by molar-refractivity contribution is 1.20. The van der Waals surface area contributed by atoms with Gasteiger partial charge < -0.3 is 5.73 Å². The van der Waals surface area contributed by atoms with Crippen LogP contribution in [0, 0.1) is 11.3 Å².